The standard InChI is InChI=1S/C8H18N2O4S/c1-7(2)9-4-5-10-15(13,14)6-3-8(11)12/h7,9-10H,3-6H2,1-2H3,(H,11,12). The lowest BCUT2D eigenvalue weighted by Crippen LogP contribution is -2.36. The van der Waals surface area contributed by atoms with E-state index in [2.05, 4.69) is 10.0 Å². The number of carbonyl (C=O) groups is 1. The molecule has 0 amide bonds. The van der Waals surface area contributed by atoms with Crippen LogP contribution in [0.4, 0.5) is 0 Å². The molecular formula is C8H18N2O4S. The van der Waals surface area contributed by atoms with Crippen molar-refractivity contribution in [3.63, 3.8) is 0 Å². The van der Waals surface area contributed by atoms with Crippen LogP contribution in [0, 0.1) is 0 Å². The largest absolute Gasteiger partial charge is 0.481 e. The predicted molar refractivity (Wildman–Crippen MR) is 57.2 cm³/mol. The SMILES string of the molecule is CC(C)NCCNS(=O)(=O)CCC(=O)O. The molecule has 0 saturated heterocycles. The lowest BCUT2D eigenvalue weighted by Gasteiger charge is -2.08. The first-order valence-electron chi connectivity index (χ1n) is 4.76. The van der Waals surface area contributed by atoms with Crippen molar-refractivity contribution in [2.45, 2.75) is 26.3 Å². The average Bonchev–Trinajstić information content (AvgIpc) is 2.09. The Hall–Kier alpha value is -0.660. The molecule has 0 aliphatic rings. The topological polar surface area (TPSA) is 95.5 Å². The Labute approximate surface area is 90.1 Å². The predicted octanol–water partition coefficient (Wildman–Crippen LogP) is -0.621. The number of carboxylic acid groups (broad SMARTS) is 1. The summed E-state index contributed by atoms with van der Waals surface area (Å²) >= 11 is 0. The molecule has 0 spiro atoms. The normalized spacial score (nSPS) is 11.9. The van der Waals surface area contributed by atoms with Gasteiger partial charge in [-0.3, -0.25) is 4.79 Å². The molecule has 0 aliphatic carbocycles. The van der Waals surface area contributed by atoms with E-state index in [0.717, 1.165) is 0 Å². The molecule has 0 radical (unpaired) electrons. The molecule has 0 heterocycles. The molecule has 0 unspecified atom stereocenters. The van der Waals surface area contributed by atoms with Gasteiger partial charge >= 0.3 is 5.97 Å². The van der Waals surface area contributed by atoms with Crippen molar-refractivity contribution in [1.29, 1.82) is 0 Å². The van der Waals surface area contributed by atoms with Gasteiger partial charge in [-0.15, -0.1) is 0 Å². The zero-order valence-electron chi connectivity index (χ0n) is 8.99. The summed E-state index contributed by atoms with van der Waals surface area (Å²) in [5.41, 5.74) is 0. The molecule has 15 heavy (non-hydrogen) atoms. The molecule has 0 aromatic rings. The van der Waals surface area contributed by atoms with Crippen molar-refractivity contribution in [2.75, 3.05) is 18.8 Å². The summed E-state index contributed by atoms with van der Waals surface area (Å²) in [6.45, 7) is 4.72. The Morgan fingerprint density at radius 1 is 1.33 bits per heavy atom. The van der Waals surface area contributed by atoms with Gasteiger partial charge in [-0.05, 0) is 0 Å². The molecule has 90 valence electrons. The van der Waals surface area contributed by atoms with Crippen LogP contribution in [-0.2, 0) is 14.8 Å². The van der Waals surface area contributed by atoms with E-state index in [1.807, 2.05) is 13.8 Å². The van der Waals surface area contributed by atoms with Gasteiger partial charge in [-0.1, -0.05) is 13.8 Å². The number of nitrogens with one attached hydrogen (secondary N) is 2. The Morgan fingerprint density at radius 2 is 1.93 bits per heavy atom. The van der Waals surface area contributed by atoms with Crippen molar-refractivity contribution < 1.29 is 18.3 Å². The summed E-state index contributed by atoms with van der Waals surface area (Å²) in [6.07, 6.45) is -0.368. The molecule has 0 rings (SSSR count). The smallest absolute Gasteiger partial charge is 0.304 e. The lowest BCUT2D eigenvalue weighted by atomic mass is 10.4. The van der Waals surface area contributed by atoms with E-state index in [9.17, 15) is 13.2 Å². The fourth-order valence-electron chi connectivity index (χ4n) is 0.861. The van der Waals surface area contributed by atoms with Crippen molar-refractivity contribution in [3.8, 4) is 0 Å². The highest BCUT2D eigenvalue weighted by Crippen LogP contribution is 1.89. The maximum absolute atomic E-state index is 11.2. The van der Waals surface area contributed by atoms with Gasteiger partial charge in [0.15, 0.2) is 0 Å². The van der Waals surface area contributed by atoms with Crippen LogP contribution in [0.5, 0.6) is 0 Å². The van der Waals surface area contributed by atoms with Gasteiger partial charge in [0.1, 0.15) is 0 Å². The Morgan fingerprint density at radius 3 is 2.40 bits per heavy atom. The van der Waals surface area contributed by atoms with Crippen molar-refractivity contribution in [3.05, 3.63) is 0 Å². The van der Waals surface area contributed by atoms with Crippen molar-refractivity contribution in [2.24, 2.45) is 0 Å². The molecule has 6 nitrogen and oxygen atoms in total. The summed E-state index contributed by atoms with van der Waals surface area (Å²) in [4.78, 5) is 10.2. The highest BCUT2D eigenvalue weighted by atomic mass is 32.2. The maximum atomic E-state index is 11.2. The minimum atomic E-state index is -3.45. The molecule has 0 fully saturated rings. The van der Waals surface area contributed by atoms with Crippen molar-refractivity contribution in [1.82, 2.24) is 10.0 Å². The molecule has 0 saturated carbocycles. The van der Waals surface area contributed by atoms with Gasteiger partial charge in [-0.2, -0.15) is 0 Å². The van der Waals surface area contributed by atoms with Gasteiger partial charge in [0.05, 0.1) is 12.2 Å². The molecule has 7 heteroatoms. The van der Waals surface area contributed by atoms with Crippen LogP contribution in [0.15, 0.2) is 0 Å². The second kappa shape index (κ2) is 6.76. The summed E-state index contributed by atoms with van der Waals surface area (Å²) in [7, 11) is -3.45. The molecule has 0 aromatic carbocycles. The molecular weight excluding hydrogens is 220 g/mol. The fraction of sp³-hybridized carbons (Fsp3) is 0.875. The minimum Gasteiger partial charge on any atom is -0.481 e. The van der Waals surface area contributed by atoms with Crippen LogP contribution in [0.2, 0.25) is 0 Å². The maximum Gasteiger partial charge on any atom is 0.304 e. The molecule has 3 N–H and O–H groups in total. The third-order valence-electron chi connectivity index (χ3n) is 1.58. The van der Waals surface area contributed by atoms with Crippen LogP contribution < -0.4 is 10.0 Å². The van der Waals surface area contributed by atoms with E-state index in [0.29, 0.717) is 12.6 Å². The summed E-state index contributed by atoms with van der Waals surface area (Å²) < 4.78 is 24.7. The van der Waals surface area contributed by atoms with Crippen LogP contribution in [0.25, 0.3) is 0 Å². The molecule has 0 aliphatic heterocycles. The van der Waals surface area contributed by atoms with Gasteiger partial charge in [0, 0.05) is 19.1 Å². The van der Waals surface area contributed by atoms with E-state index in [-0.39, 0.29) is 18.7 Å². The van der Waals surface area contributed by atoms with E-state index in [1.165, 1.54) is 0 Å². The van der Waals surface area contributed by atoms with Gasteiger partial charge in [0.2, 0.25) is 10.0 Å². The monoisotopic (exact) mass is 238 g/mol. The Balaban J connectivity index is 3.70. The third-order valence-corrected chi connectivity index (χ3v) is 2.97. The second-order valence-electron chi connectivity index (χ2n) is 3.47. The number of hydrogen-bond donors (Lipinski definition) is 3. The average molecular weight is 238 g/mol. The number of rotatable bonds is 8. The zero-order valence-corrected chi connectivity index (χ0v) is 9.80. The van der Waals surface area contributed by atoms with E-state index in [4.69, 9.17) is 5.11 Å². The van der Waals surface area contributed by atoms with Crippen LogP contribution in [0.3, 0.4) is 0 Å². The number of hydrogen-bond acceptors (Lipinski definition) is 4. The molecule has 0 bridgehead atoms. The third kappa shape index (κ3) is 9.64. The lowest BCUT2D eigenvalue weighted by molar-refractivity contribution is -0.136. The molecule has 0 atom stereocenters. The summed E-state index contributed by atoms with van der Waals surface area (Å²) in [6, 6.07) is 0.300. The Bertz CT molecular complexity index is 287. The summed E-state index contributed by atoms with van der Waals surface area (Å²) in [5, 5.41) is 11.4. The zero-order chi connectivity index (χ0) is 11.9. The first-order chi connectivity index (χ1) is 6.83. The van der Waals surface area contributed by atoms with E-state index >= 15 is 0 Å². The summed E-state index contributed by atoms with van der Waals surface area (Å²) in [5.74, 6) is -1.48. The highest BCUT2D eigenvalue weighted by Gasteiger charge is 2.11. The minimum absolute atomic E-state index is 0.278. The molecule has 0 aromatic heterocycles. The van der Waals surface area contributed by atoms with Gasteiger partial charge < -0.3 is 10.4 Å². The Kier molecular flexibility index (Phi) is 6.46. The van der Waals surface area contributed by atoms with E-state index < -0.39 is 16.0 Å². The first-order valence-corrected chi connectivity index (χ1v) is 6.41. The van der Waals surface area contributed by atoms with Crippen LogP contribution in [-0.4, -0.2) is 44.4 Å². The van der Waals surface area contributed by atoms with Gasteiger partial charge in [-0.25, -0.2) is 13.1 Å². The van der Waals surface area contributed by atoms with E-state index in [1.54, 1.807) is 0 Å². The number of aliphatic carboxylic acids is 1. The second-order valence-corrected chi connectivity index (χ2v) is 5.39. The highest BCUT2D eigenvalue weighted by molar-refractivity contribution is 7.89. The van der Waals surface area contributed by atoms with Crippen molar-refractivity contribution >= 4 is 16.0 Å². The quantitative estimate of drug-likeness (QED) is 0.490. The number of sulfonamides is 1. The van der Waals surface area contributed by atoms with Gasteiger partial charge in [0.25, 0.3) is 0 Å². The van der Waals surface area contributed by atoms with Crippen LogP contribution >= 0.6 is 0 Å². The van der Waals surface area contributed by atoms with Crippen LogP contribution in [0.1, 0.15) is 20.3 Å². The fourth-order valence-corrected chi connectivity index (χ4v) is 1.86. The number of carboxylic acids is 1. The first kappa shape index (κ1) is 14.3.